The second-order valence-electron chi connectivity index (χ2n) is 2.32. The third-order valence-corrected chi connectivity index (χ3v) is 2.16. The maximum absolute atomic E-state index is 10.4. The Morgan fingerprint density at radius 2 is 2.45 bits per heavy atom. The molecule has 0 N–H and O–H groups in total. The lowest BCUT2D eigenvalue weighted by Gasteiger charge is -2.04. The number of nitrogens with zero attached hydrogens (tertiary/aromatic N) is 1. The van der Waals surface area contributed by atoms with Crippen LogP contribution in [0.4, 0.5) is 0 Å². The van der Waals surface area contributed by atoms with E-state index >= 15 is 0 Å². The first-order chi connectivity index (χ1) is 5.25. The second kappa shape index (κ2) is 3.62. The lowest BCUT2D eigenvalue weighted by Crippen LogP contribution is -1.95. The van der Waals surface area contributed by atoms with Gasteiger partial charge in [0, 0.05) is 22.8 Å². The molecule has 0 aromatic carbocycles. The average Bonchev–Trinajstić information content (AvgIpc) is 2.04. The molecule has 3 heteroatoms. The van der Waals surface area contributed by atoms with E-state index in [-0.39, 0.29) is 5.92 Å². The number of hydrogen-bond donors (Lipinski definition) is 0. The van der Waals surface area contributed by atoms with Gasteiger partial charge in [-0.3, -0.25) is 4.98 Å². The molecule has 0 spiro atoms. The summed E-state index contributed by atoms with van der Waals surface area (Å²) in [5.74, 6) is -0.0626. The van der Waals surface area contributed by atoms with E-state index in [0.717, 1.165) is 16.3 Å². The summed E-state index contributed by atoms with van der Waals surface area (Å²) in [6.07, 6.45) is 4.29. The van der Waals surface area contributed by atoms with Crippen LogP contribution in [-0.4, -0.2) is 11.3 Å². The summed E-state index contributed by atoms with van der Waals surface area (Å²) < 4.78 is 0.889. The van der Waals surface area contributed by atoms with E-state index in [1.807, 2.05) is 13.0 Å². The topological polar surface area (TPSA) is 30.0 Å². The number of carbonyl (C=O) groups is 1. The van der Waals surface area contributed by atoms with Crippen LogP contribution in [0.15, 0.2) is 22.9 Å². The van der Waals surface area contributed by atoms with Gasteiger partial charge in [-0.2, -0.15) is 0 Å². The van der Waals surface area contributed by atoms with Crippen molar-refractivity contribution in [3.63, 3.8) is 0 Å². The summed E-state index contributed by atoms with van der Waals surface area (Å²) in [5.41, 5.74) is 0.981. The molecular formula is C8H8BrNO. The summed E-state index contributed by atoms with van der Waals surface area (Å²) in [5, 5.41) is 0. The highest BCUT2D eigenvalue weighted by Gasteiger charge is 2.06. The van der Waals surface area contributed by atoms with Gasteiger partial charge < -0.3 is 4.79 Å². The fourth-order valence-electron chi connectivity index (χ4n) is 0.829. The quantitative estimate of drug-likeness (QED) is 0.706. The van der Waals surface area contributed by atoms with Crippen molar-refractivity contribution >= 4 is 22.2 Å². The van der Waals surface area contributed by atoms with E-state index in [1.54, 1.807) is 12.4 Å². The van der Waals surface area contributed by atoms with Crippen molar-refractivity contribution in [2.45, 2.75) is 12.8 Å². The van der Waals surface area contributed by atoms with Gasteiger partial charge in [-0.25, -0.2) is 0 Å². The van der Waals surface area contributed by atoms with E-state index in [0.29, 0.717) is 0 Å². The first kappa shape index (κ1) is 8.40. The fraction of sp³-hybridized carbons (Fsp3) is 0.250. The van der Waals surface area contributed by atoms with Crippen molar-refractivity contribution in [3.8, 4) is 0 Å². The molecule has 0 bridgehead atoms. The molecular weight excluding hydrogens is 206 g/mol. The Hall–Kier alpha value is -0.700. The van der Waals surface area contributed by atoms with E-state index in [4.69, 9.17) is 0 Å². The number of aldehydes is 1. The van der Waals surface area contributed by atoms with E-state index in [1.165, 1.54) is 0 Å². The van der Waals surface area contributed by atoms with E-state index in [2.05, 4.69) is 20.9 Å². The Morgan fingerprint density at radius 3 is 3.00 bits per heavy atom. The molecule has 1 aromatic heterocycles. The molecule has 1 heterocycles. The van der Waals surface area contributed by atoms with Gasteiger partial charge in [-0.15, -0.1) is 0 Å². The second-order valence-corrected chi connectivity index (χ2v) is 3.18. The summed E-state index contributed by atoms with van der Waals surface area (Å²) in [6, 6.07) is 1.84. The van der Waals surface area contributed by atoms with Crippen LogP contribution in [0.2, 0.25) is 0 Å². The monoisotopic (exact) mass is 213 g/mol. The summed E-state index contributed by atoms with van der Waals surface area (Å²) in [7, 11) is 0. The largest absolute Gasteiger partial charge is 0.303 e. The minimum Gasteiger partial charge on any atom is -0.303 e. The molecule has 1 atom stereocenters. The van der Waals surface area contributed by atoms with Gasteiger partial charge in [-0.1, -0.05) is 6.92 Å². The molecule has 0 aliphatic rings. The Morgan fingerprint density at radius 1 is 1.73 bits per heavy atom. The van der Waals surface area contributed by atoms with Gasteiger partial charge >= 0.3 is 0 Å². The van der Waals surface area contributed by atoms with Crippen LogP contribution in [0.5, 0.6) is 0 Å². The van der Waals surface area contributed by atoms with Crippen molar-refractivity contribution in [1.29, 1.82) is 0 Å². The molecule has 1 unspecified atom stereocenters. The zero-order valence-corrected chi connectivity index (χ0v) is 7.71. The van der Waals surface area contributed by atoms with Crippen molar-refractivity contribution in [1.82, 2.24) is 4.98 Å². The van der Waals surface area contributed by atoms with E-state index in [9.17, 15) is 4.79 Å². The lowest BCUT2D eigenvalue weighted by atomic mass is 10.1. The Kier molecular flexibility index (Phi) is 2.76. The summed E-state index contributed by atoms with van der Waals surface area (Å²) in [6.45, 7) is 1.85. The first-order valence-corrected chi connectivity index (χ1v) is 4.09. The summed E-state index contributed by atoms with van der Waals surface area (Å²) in [4.78, 5) is 14.3. The number of halogens is 1. The van der Waals surface area contributed by atoms with Gasteiger partial charge in [0.25, 0.3) is 0 Å². The van der Waals surface area contributed by atoms with Crippen molar-refractivity contribution in [2.24, 2.45) is 0 Å². The van der Waals surface area contributed by atoms with Crippen molar-refractivity contribution < 1.29 is 4.79 Å². The van der Waals surface area contributed by atoms with Crippen LogP contribution in [0, 0.1) is 0 Å². The number of hydrogen-bond acceptors (Lipinski definition) is 2. The van der Waals surface area contributed by atoms with Gasteiger partial charge in [-0.05, 0) is 27.6 Å². The Balaban J connectivity index is 3.02. The molecule has 0 radical (unpaired) electrons. The normalized spacial score (nSPS) is 12.5. The molecule has 1 rings (SSSR count). The Labute approximate surface area is 73.8 Å². The van der Waals surface area contributed by atoms with Crippen LogP contribution in [-0.2, 0) is 4.79 Å². The molecule has 0 amide bonds. The molecule has 0 saturated heterocycles. The maximum atomic E-state index is 10.4. The number of rotatable bonds is 2. The van der Waals surface area contributed by atoms with Crippen LogP contribution in [0.25, 0.3) is 0 Å². The smallest absolute Gasteiger partial charge is 0.127 e. The zero-order chi connectivity index (χ0) is 8.27. The van der Waals surface area contributed by atoms with Crippen LogP contribution in [0.3, 0.4) is 0 Å². The molecule has 0 aliphatic heterocycles. The van der Waals surface area contributed by atoms with Crippen LogP contribution >= 0.6 is 15.9 Å². The SMILES string of the molecule is CC(C=O)c1ccncc1Br. The lowest BCUT2D eigenvalue weighted by molar-refractivity contribution is -0.108. The molecule has 1 aromatic rings. The summed E-state index contributed by atoms with van der Waals surface area (Å²) >= 11 is 3.32. The fourth-order valence-corrected chi connectivity index (χ4v) is 1.44. The minimum atomic E-state index is -0.0626. The van der Waals surface area contributed by atoms with Crippen molar-refractivity contribution in [2.75, 3.05) is 0 Å². The molecule has 2 nitrogen and oxygen atoms in total. The number of aromatic nitrogens is 1. The molecule has 11 heavy (non-hydrogen) atoms. The predicted molar refractivity (Wildman–Crippen MR) is 46.4 cm³/mol. The molecule has 0 aliphatic carbocycles. The van der Waals surface area contributed by atoms with Gasteiger partial charge in [0.15, 0.2) is 0 Å². The van der Waals surface area contributed by atoms with Crippen LogP contribution < -0.4 is 0 Å². The van der Waals surface area contributed by atoms with Gasteiger partial charge in [0.2, 0.25) is 0 Å². The van der Waals surface area contributed by atoms with Crippen LogP contribution in [0.1, 0.15) is 18.4 Å². The average molecular weight is 214 g/mol. The third kappa shape index (κ3) is 1.87. The Bertz CT molecular complexity index is 262. The highest BCUT2D eigenvalue weighted by Crippen LogP contribution is 2.21. The number of carbonyl (C=O) groups excluding carboxylic acids is 1. The zero-order valence-electron chi connectivity index (χ0n) is 6.12. The maximum Gasteiger partial charge on any atom is 0.127 e. The molecule has 58 valence electrons. The van der Waals surface area contributed by atoms with Crippen molar-refractivity contribution in [3.05, 3.63) is 28.5 Å². The van der Waals surface area contributed by atoms with Gasteiger partial charge in [0.05, 0.1) is 0 Å². The van der Waals surface area contributed by atoms with Gasteiger partial charge in [0.1, 0.15) is 6.29 Å². The van der Waals surface area contributed by atoms with E-state index < -0.39 is 0 Å². The highest BCUT2D eigenvalue weighted by molar-refractivity contribution is 9.10. The minimum absolute atomic E-state index is 0.0626. The first-order valence-electron chi connectivity index (χ1n) is 3.30. The molecule has 0 fully saturated rings. The standard InChI is InChI=1S/C8H8BrNO/c1-6(5-11)7-2-3-10-4-8(7)9/h2-6H,1H3. The highest BCUT2D eigenvalue weighted by atomic mass is 79.9. The number of pyridine rings is 1. The molecule has 0 saturated carbocycles. The third-order valence-electron chi connectivity index (χ3n) is 1.50. The predicted octanol–water partition coefficient (Wildman–Crippen LogP) is 2.15.